The minimum Gasteiger partial charge on any atom is -0.455 e. The Morgan fingerprint density at radius 2 is 1.17 bits per heavy atom. The van der Waals surface area contributed by atoms with Gasteiger partial charge in [-0.1, -0.05) is 6.42 Å². The number of carbonyl (C=O) groups excluding carboxylic acids is 2. The van der Waals surface area contributed by atoms with Crippen molar-refractivity contribution in [2.75, 3.05) is 0 Å². The molecule has 2 fully saturated rings. The monoisotopic (exact) mass is 362 g/mol. The van der Waals surface area contributed by atoms with Crippen LogP contribution in [0, 0.1) is 5.41 Å². The predicted octanol–water partition coefficient (Wildman–Crippen LogP) is 3.68. The van der Waals surface area contributed by atoms with E-state index in [-0.39, 0.29) is 25.7 Å². The van der Waals surface area contributed by atoms with Gasteiger partial charge in [-0.15, -0.1) is 0 Å². The second-order valence-corrected chi connectivity index (χ2v) is 6.15. The number of hydrogen-bond acceptors (Lipinski definition) is 4. The fraction of sp³-hybridized carbons (Fsp3) is 0.857. The molecule has 2 aliphatic carbocycles. The van der Waals surface area contributed by atoms with Crippen molar-refractivity contribution in [1.82, 2.24) is 0 Å². The number of halogens is 6. The van der Waals surface area contributed by atoms with Crippen LogP contribution in [-0.4, -0.2) is 36.5 Å². The number of carbonyl (C=O) groups is 2. The molecule has 2 rings (SSSR count). The Hall–Kier alpha value is -1.48. The zero-order valence-corrected chi connectivity index (χ0v) is 12.5. The van der Waals surface area contributed by atoms with Crippen LogP contribution in [0.1, 0.15) is 44.9 Å². The second-order valence-electron chi connectivity index (χ2n) is 6.15. The normalized spacial score (nSPS) is 31.1. The third-order valence-electron chi connectivity index (χ3n) is 4.71. The molecule has 0 aromatic carbocycles. The number of esters is 2. The van der Waals surface area contributed by atoms with Crippen LogP contribution in [-0.2, 0) is 19.1 Å². The summed E-state index contributed by atoms with van der Waals surface area (Å²) < 4.78 is 83.6. The Morgan fingerprint density at radius 1 is 0.750 bits per heavy atom. The van der Waals surface area contributed by atoms with Crippen molar-refractivity contribution in [3.63, 3.8) is 0 Å². The van der Waals surface area contributed by atoms with Crippen LogP contribution >= 0.6 is 0 Å². The first-order chi connectivity index (χ1) is 11.0. The summed E-state index contributed by atoms with van der Waals surface area (Å²) in [6, 6.07) is 0. The molecule has 4 nitrogen and oxygen atoms in total. The van der Waals surface area contributed by atoms with Gasteiger partial charge in [-0.2, -0.15) is 26.3 Å². The Bertz CT molecular complexity index is 500. The molecule has 10 heteroatoms. The van der Waals surface area contributed by atoms with E-state index in [9.17, 15) is 35.9 Å². The van der Waals surface area contributed by atoms with Gasteiger partial charge in [0.1, 0.15) is 12.2 Å². The molecule has 0 saturated heterocycles. The number of ether oxygens (including phenoxy) is 2. The van der Waals surface area contributed by atoms with Gasteiger partial charge < -0.3 is 9.47 Å². The van der Waals surface area contributed by atoms with E-state index in [0.29, 0.717) is 19.3 Å². The molecule has 0 N–H and O–H groups in total. The Morgan fingerprint density at radius 3 is 1.62 bits per heavy atom. The van der Waals surface area contributed by atoms with Gasteiger partial charge in [0.15, 0.2) is 0 Å². The van der Waals surface area contributed by atoms with Crippen molar-refractivity contribution in [1.29, 1.82) is 0 Å². The molecule has 0 amide bonds. The van der Waals surface area contributed by atoms with Crippen LogP contribution in [0.5, 0.6) is 0 Å². The third-order valence-corrected chi connectivity index (χ3v) is 4.71. The van der Waals surface area contributed by atoms with Gasteiger partial charge in [0, 0.05) is 5.41 Å². The van der Waals surface area contributed by atoms with E-state index in [1.54, 1.807) is 0 Å². The van der Waals surface area contributed by atoms with E-state index in [4.69, 9.17) is 0 Å². The Kier molecular flexibility index (Phi) is 5.06. The largest absolute Gasteiger partial charge is 0.490 e. The highest BCUT2D eigenvalue weighted by atomic mass is 19.4. The first kappa shape index (κ1) is 18.9. The molecule has 0 aromatic heterocycles. The van der Waals surface area contributed by atoms with Crippen LogP contribution in [0.3, 0.4) is 0 Å². The highest BCUT2D eigenvalue weighted by molar-refractivity contribution is 5.76. The number of hydrogen-bond donors (Lipinski definition) is 0. The van der Waals surface area contributed by atoms with E-state index in [0.717, 1.165) is 0 Å². The minimum absolute atomic E-state index is 0.0991. The maximum atomic E-state index is 12.4. The predicted molar refractivity (Wildman–Crippen MR) is 66.6 cm³/mol. The summed E-state index contributed by atoms with van der Waals surface area (Å²) in [6.07, 6.45) is -10.7. The lowest BCUT2D eigenvalue weighted by molar-refractivity contribution is -0.226. The van der Waals surface area contributed by atoms with Crippen LogP contribution < -0.4 is 0 Å². The van der Waals surface area contributed by atoms with Crippen molar-refractivity contribution < 1.29 is 45.4 Å². The van der Waals surface area contributed by atoms with E-state index < -0.39 is 41.9 Å². The van der Waals surface area contributed by atoms with Crippen molar-refractivity contribution >= 4 is 11.9 Å². The molecule has 2 aliphatic rings. The lowest BCUT2D eigenvalue weighted by Gasteiger charge is -2.44. The highest BCUT2D eigenvalue weighted by Gasteiger charge is 2.56. The van der Waals surface area contributed by atoms with Gasteiger partial charge in [0.25, 0.3) is 0 Å². The molecular formula is C14H16F6O4. The summed E-state index contributed by atoms with van der Waals surface area (Å²) >= 11 is 0. The van der Waals surface area contributed by atoms with Gasteiger partial charge in [-0.25, -0.2) is 9.59 Å². The smallest absolute Gasteiger partial charge is 0.455 e. The lowest BCUT2D eigenvalue weighted by Crippen LogP contribution is -2.50. The molecule has 24 heavy (non-hydrogen) atoms. The Labute approximate surface area is 133 Å². The lowest BCUT2D eigenvalue weighted by atomic mass is 9.69. The fourth-order valence-electron chi connectivity index (χ4n) is 3.70. The van der Waals surface area contributed by atoms with Crippen LogP contribution in [0.4, 0.5) is 26.3 Å². The average molecular weight is 362 g/mol. The Balaban J connectivity index is 2.19. The number of rotatable bonds is 2. The standard InChI is InChI=1S/C14H16F6O4/c15-13(16,17)10(21)23-8-4-1-2-6-12(8)7-3-5-9(12)24-11(22)14(18,19)20/h8-9H,1-7H2. The quantitative estimate of drug-likeness (QED) is 0.556. The fourth-order valence-corrected chi connectivity index (χ4v) is 3.70. The van der Waals surface area contributed by atoms with E-state index >= 15 is 0 Å². The summed E-state index contributed by atoms with van der Waals surface area (Å²) in [4.78, 5) is 22.2. The SMILES string of the molecule is O=C(OC1CCCCC12CCCC2OC(=O)C(F)(F)F)C(F)(F)F. The average Bonchev–Trinajstić information content (AvgIpc) is 2.83. The van der Waals surface area contributed by atoms with Crippen molar-refractivity contribution in [2.45, 2.75) is 69.5 Å². The second kappa shape index (κ2) is 6.44. The van der Waals surface area contributed by atoms with Gasteiger partial charge in [0.2, 0.25) is 0 Å². The third kappa shape index (κ3) is 3.77. The van der Waals surface area contributed by atoms with Crippen molar-refractivity contribution in [3.05, 3.63) is 0 Å². The topological polar surface area (TPSA) is 52.6 Å². The van der Waals surface area contributed by atoms with E-state index in [1.807, 2.05) is 0 Å². The molecule has 3 atom stereocenters. The number of alkyl halides is 6. The molecule has 0 aromatic rings. The molecule has 3 unspecified atom stereocenters. The van der Waals surface area contributed by atoms with Gasteiger partial charge >= 0.3 is 24.3 Å². The summed E-state index contributed by atoms with van der Waals surface area (Å²) in [7, 11) is 0. The molecule has 1 spiro atoms. The van der Waals surface area contributed by atoms with Crippen LogP contribution in [0.15, 0.2) is 0 Å². The minimum atomic E-state index is -5.19. The van der Waals surface area contributed by atoms with Gasteiger partial charge in [0.05, 0.1) is 0 Å². The molecule has 2 saturated carbocycles. The summed E-state index contributed by atoms with van der Waals surface area (Å²) in [5, 5.41) is 0. The van der Waals surface area contributed by atoms with Crippen molar-refractivity contribution in [3.8, 4) is 0 Å². The molecular weight excluding hydrogens is 346 g/mol. The summed E-state index contributed by atoms with van der Waals surface area (Å²) in [5.74, 6) is -4.75. The molecule has 0 bridgehead atoms. The summed E-state index contributed by atoms with van der Waals surface area (Å²) in [5.41, 5.74) is -1.18. The molecule has 0 radical (unpaired) electrons. The molecule has 138 valence electrons. The van der Waals surface area contributed by atoms with Gasteiger partial charge in [-0.05, 0) is 38.5 Å². The first-order valence-corrected chi connectivity index (χ1v) is 7.52. The van der Waals surface area contributed by atoms with Crippen molar-refractivity contribution in [2.24, 2.45) is 5.41 Å². The maximum Gasteiger partial charge on any atom is 0.490 e. The van der Waals surface area contributed by atoms with E-state index in [2.05, 4.69) is 9.47 Å². The molecule has 0 heterocycles. The van der Waals surface area contributed by atoms with Gasteiger partial charge in [-0.3, -0.25) is 0 Å². The zero-order valence-electron chi connectivity index (χ0n) is 12.5. The maximum absolute atomic E-state index is 12.4. The first-order valence-electron chi connectivity index (χ1n) is 7.52. The van der Waals surface area contributed by atoms with E-state index in [1.165, 1.54) is 0 Å². The highest BCUT2D eigenvalue weighted by Crippen LogP contribution is 2.52. The molecule has 0 aliphatic heterocycles. The zero-order chi connectivity index (χ0) is 18.2. The van der Waals surface area contributed by atoms with Crippen LogP contribution in [0.25, 0.3) is 0 Å². The van der Waals surface area contributed by atoms with Crippen LogP contribution in [0.2, 0.25) is 0 Å². The summed E-state index contributed by atoms with van der Waals surface area (Å²) in [6.45, 7) is 0.